The van der Waals surface area contributed by atoms with Crippen LogP contribution in [0.15, 0.2) is 54.7 Å². The molecule has 2 aromatic carbocycles. The smallest absolute Gasteiger partial charge is 0.162 e. The third kappa shape index (κ3) is 2.58. The lowest BCUT2D eigenvalue weighted by molar-refractivity contribution is 0.355. The summed E-state index contributed by atoms with van der Waals surface area (Å²) in [6.07, 6.45) is 5.54. The lowest BCUT2D eigenvalue weighted by atomic mass is 10.0. The molecule has 0 spiro atoms. The van der Waals surface area contributed by atoms with Crippen LogP contribution in [0, 0.1) is 0 Å². The van der Waals surface area contributed by atoms with Crippen molar-refractivity contribution in [2.24, 2.45) is 0 Å². The fourth-order valence-electron chi connectivity index (χ4n) is 4.22. The van der Waals surface area contributed by atoms with Gasteiger partial charge >= 0.3 is 0 Å². The Morgan fingerprint density at radius 3 is 2.50 bits per heavy atom. The number of benzene rings is 2. The summed E-state index contributed by atoms with van der Waals surface area (Å²) < 4.78 is 15.3. The maximum atomic E-state index is 5.51. The zero-order chi connectivity index (χ0) is 19.1. The highest BCUT2D eigenvalue weighted by Crippen LogP contribution is 2.38. The molecule has 0 aliphatic carbocycles. The van der Waals surface area contributed by atoms with Gasteiger partial charge in [-0.3, -0.25) is 0 Å². The minimum absolute atomic E-state index is 0.745. The van der Waals surface area contributed by atoms with E-state index in [0.29, 0.717) is 0 Å². The van der Waals surface area contributed by atoms with E-state index in [4.69, 9.17) is 14.6 Å². The highest BCUT2D eigenvalue weighted by atomic mass is 16.5. The van der Waals surface area contributed by atoms with E-state index >= 15 is 0 Å². The molecule has 0 saturated carbocycles. The minimum Gasteiger partial charge on any atom is -0.493 e. The van der Waals surface area contributed by atoms with Gasteiger partial charge in [-0.2, -0.15) is 0 Å². The van der Waals surface area contributed by atoms with E-state index in [2.05, 4.69) is 51.7 Å². The predicted octanol–water partition coefficient (Wildman–Crippen LogP) is 4.82. The van der Waals surface area contributed by atoms with Gasteiger partial charge in [0, 0.05) is 29.4 Å². The molecule has 2 aromatic heterocycles. The number of hydrogen-bond acceptors (Lipinski definition) is 3. The Kier molecular flexibility index (Phi) is 4.08. The minimum atomic E-state index is 0.745. The summed E-state index contributed by atoms with van der Waals surface area (Å²) in [6.45, 7) is 0.996. The van der Waals surface area contributed by atoms with E-state index in [-0.39, 0.29) is 0 Å². The number of aryl methyl sites for hydroxylation is 2. The predicted molar refractivity (Wildman–Crippen MR) is 110 cm³/mol. The highest BCUT2D eigenvalue weighted by Gasteiger charge is 2.23. The number of nitrogens with zero attached hydrogens (tertiary/aromatic N) is 3. The van der Waals surface area contributed by atoms with E-state index < -0.39 is 0 Å². The average Bonchev–Trinajstić information content (AvgIpc) is 3.18. The third-order valence-electron chi connectivity index (χ3n) is 5.56. The molecule has 5 nitrogen and oxygen atoms in total. The first-order valence-corrected chi connectivity index (χ1v) is 9.68. The summed E-state index contributed by atoms with van der Waals surface area (Å²) >= 11 is 0. The number of aromatic nitrogens is 3. The second kappa shape index (κ2) is 6.75. The summed E-state index contributed by atoms with van der Waals surface area (Å²) in [5, 5.41) is 4.94. The molecule has 4 aromatic rings. The van der Waals surface area contributed by atoms with Gasteiger partial charge in [-0.25, -0.2) is 4.52 Å². The molecule has 0 bridgehead atoms. The molecule has 0 amide bonds. The van der Waals surface area contributed by atoms with Crippen LogP contribution in [0.1, 0.15) is 18.4 Å². The van der Waals surface area contributed by atoms with Gasteiger partial charge in [0.05, 0.1) is 14.2 Å². The number of hydrogen-bond donors (Lipinski definition) is 0. The van der Waals surface area contributed by atoms with Crippen LogP contribution in [0.2, 0.25) is 0 Å². The Labute approximate surface area is 164 Å². The second-order valence-electron chi connectivity index (χ2n) is 7.16. The lowest BCUT2D eigenvalue weighted by Gasteiger charge is -2.10. The third-order valence-corrected chi connectivity index (χ3v) is 5.56. The normalized spacial score (nSPS) is 13.5. The molecule has 142 valence electrons. The molecular weight excluding hydrogens is 350 g/mol. The van der Waals surface area contributed by atoms with Crippen LogP contribution >= 0.6 is 0 Å². The van der Waals surface area contributed by atoms with Crippen molar-refractivity contribution in [2.45, 2.75) is 25.8 Å². The van der Waals surface area contributed by atoms with Crippen LogP contribution in [0.3, 0.4) is 0 Å². The Bertz CT molecular complexity index is 1140. The Morgan fingerprint density at radius 1 is 0.893 bits per heavy atom. The Morgan fingerprint density at radius 2 is 1.71 bits per heavy atom. The molecule has 1 aliphatic rings. The van der Waals surface area contributed by atoms with E-state index in [1.165, 1.54) is 23.2 Å². The van der Waals surface area contributed by atoms with Gasteiger partial charge in [0.15, 0.2) is 17.3 Å². The van der Waals surface area contributed by atoms with Gasteiger partial charge in [-0.05, 0) is 37.0 Å². The molecular formula is C23H23N3O2. The number of ether oxygens (including phenoxy) is 2. The molecule has 28 heavy (non-hydrogen) atoms. The van der Waals surface area contributed by atoms with Crippen molar-refractivity contribution in [3.8, 4) is 34.0 Å². The quantitative estimate of drug-likeness (QED) is 0.515. The topological polar surface area (TPSA) is 40.7 Å². The average molecular weight is 373 g/mol. The zero-order valence-corrected chi connectivity index (χ0v) is 16.2. The molecule has 0 N–H and O–H groups in total. The van der Waals surface area contributed by atoms with Crippen molar-refractivity contribution in [3.63, 3.8) is 0 Å². The molecule has 5 rings (SSSR count). The van der Waals surface area contributed by atoms with Crippen LogP contribution < -0.4 is 9.47 Å². The zero-order valence-electron chi connectivity index (χ0n) is 16.2. The first kappa shape index (κ1) is 16.9. The molecule has 3 heterocycles. The summed E-state index contributed by atoms with van der Waals surface area (Å²) in [4.78, 5) is 0. The van der Waals surface area contributed by atoms with Crippen molar-refractivity contribution in [3.05, 3.63) is 60.3 Å². The van der Waals surface area contributed by atoms with Crippen molar-refractivity contribution < 1.29 is 9.47 Å². The van der Waals surface area contributed by atoms with Crippen LogP contribution in [-0.2, 0) is 13.0 Å². The molecule has 1 aliphatic heterocycles. The van der Waals surface area contributed by atoms with E-state index in [1.807, 2.05) is 12.1 Å². The summed E-state index contributed by atoms with van der Waals surface area (Å²) in [6, 6.07) is 16.6. The van der Waals surface area contributed by atoms with Gasteiger partial charge in [-0.1, -0.05) is 36.4 Å². The van der Waals surface area contributed by atoms with Crippen molar-refractivity contribution in [1.29, 1.82) is 0 Å². The Balaban J connectivity index is 1.70. The SMILES string of the molecule is COc1ccc(-c2cn3nc(-c4ccccc4)n4c3c2CCCC4)cc1OC. The van der Waals surface area contributed by atoms with Crippen LogP contribution in [0.4, 0.5) is 0 Å². The van der Waals surface area contributed by atoms with Crippen LogP contribution in [0.5, 0.6) is 11.5 Å². The van der Waals surface area contributed by atoms with E-state index in [9.17, 15) is 0 Å². The maximum Gasteiger partial charge on any atom is 0.162 e. The highest BCUT2D eigenvalue weighted by molar-refractivity contribution is 5.78. The van der Waals surface area contributed by atoms with Gasteiger partial charge in [0.25, 0.3) is 0 Å². The first-order valence-electron chi connectivity index (χ1n) is 9.68. The van der Waals surface area contributed by atoms with E-state index in [1.54, 1.807) is 14.2 Å². The number of rotatable bonds is 4. The molecule has 0 saturated heterocycles. The van der Waals surface area contributed by atoms with Crippen molar-refractivity contribution in [1.82, 2.24) is 14.2 Å². The molecule has 0 atom stereocenters. The largest absolute Gasteiger partial charge is 0.493 e. The van der Waals surface area contributed by atoms with Gasteiger partial charge in [0.1, 0.15) is 5.65 Å². The summed E-state index contributed by atoms with van der Waals surface area (Å²) in [5.41, 5.74) is 6.08. The van der Waals surface area contributed by atoms with Gasteiger partial charge in [0.2, 0.25) is 0 Å². The molecule has 0 fully saturated rings. The van der Waals surface area contributed by atoms with Crippen molar-refractivity contribution >= 4 is 5.65 Å². The molecule has 0 radical (unpaired) electrons. The fraction of sp³-hybridized carbons (Fsp3) is 0.261. The molecule has 5 heteroatoms. The summed E-state index contributed by atoms with van der Waals surface area (Å²) in [5.74, 6) is 2.53. The monoisotopic (exact) mass is 373 g/mol. The van der Waals surface area contributed by atoms with Crippen molar-refractivity contribution in [2.75, 3.05) is 14.2 Å². The Hall–Kier alpha value is -3.21. The first-order chi connectivity index (χ1) is 13.8. The standard InChI is InChI=1S/C23H23N3O2/c1-27-20-12-11-17(14-21(20)28-2)19-15-26-23-18(19)10-6-7-13-25(23)22(24-26)16-8-4-3-5-9-16/h3-5,8-9,11-12,14-15H,6-7,10,13H2,1-2H3. The maximum absolute atomic E-state index is 5.51. The van der Waals surface area contributed by atoms with Crippen LogP contribution in [0.25, 0.3) is 28.2 Å². The number of methoxy groups -OCH3 is 2. The lowest BCUT2D eigenvalue weighted by Crippen LogP contribution is -1.99. The van der Waals surface area contributed by atoms with Crippen LogP contribution in [-0.4, -0.2) is 28.4 Å². The van der Waals surface area contributed by atoms with Gasteiger partial charge in [-0.15, -0.1) is 5.10 Å². The summed E-state index contributed by atoms with van der Waals surface area (Å²) in [7, 11) is 3.34. The molecule has 0 unspecified atom stereocenters. The second-order valence-corrected chi connectivity index (χ2v) is 7.16. The van der Waals surface area contributed by atoms with E-state index in [0.717, 1.165) is 47.8 Å². The van der Waals surface area contributed by atoms with Gasteiger partial charge < -0.3 is 14.0 Å². The fourth-order valence-corrected chi connectivity index (χ4v) is 4.22.